The van der Waals surface area contributed by atoms with Gasteiger partial charge < -0.3 is 4.90 Å². The molecule has 0 atom stereocenters. The summed E-state index contributed by atoms with van der Waals surface area (Å²) in [7, 11) is 1.76. The lowest BCUT2D eigenvalue weighted by Gasteiger charge is -2.18. The van der Waals surface area contributed by atoms with Gasteiger partial charge in [-0.3, -0.25) is 4.79 Å². The van der Waals surface area contributed by atoms with Gasteiger partial charge in [0.1, 0.15) is 5.15 Å². The highest BCUT2D eigenvalue weighted by Crippen LogP contribution is 2.19. The van der Waals surface area contributed by atoms with Gasteiger partial charge in [0.2, 0.25) is 0 Å². The Kier molecular flexibility index (Phi) is 3.86. The SMILES string of the molecule is Cc1cc(C)cc(N(C)C(=O)c2ccc(Cl)nc2)c1. The Morgan fingerprint density at radius 1 is 1.16 bits per heavy atom. The third kappa shape index (κ3) is 3.12. The Hall–Kier alpha value is -1.87. The molecule has 0 radical (unpaired) electrons. The molecule has 0 aliphatic heterocycles. The zero-order valence-corrected chi connectivity index (χ0v) is 11.9. The maximum absolute atomic E-state index is 12.3. The molecule has 3 nitrogen and oxygen atoms in total. The van der Waals surface area contributed by atoms with Crippen molar-refractivity contribution in [3.8, 4) is 0 Å². The molecule has 0 aliphatic carbocycles. The first-order chi connectivity index (χ1) is 8.97. The molecule has 98 valence electrons. The molecular weight excluding hydrogens is 260 g/mol. The van der Waals surface area contributed by atoms with E-state index in [0.717, 1.165) is 16.8 Å². The van der Waals surface area contributed by atoms with Crippen LogP contribution in [0.1, 0.15) is 21.5 Å². The molecule has 0 aliphatic rings. The second-order valence-corrected chi connectivity index (χ2v) is 4.97. The molecule has 2 rings (SSSR count). The standard InChI is InChI=1S/C15H15ClN2O/c1-10-6-11(2)8-13(7-10)18(3)15(19)12-4-5-14(16)17-9-12/h4-9H,1-3H3. The van der Waals surface area contributed by atoms with Crippen molar-refractivity contribution < 1.29 is 4.79 Å². The van der Waals surface area contributed by atoms with Crippen LogP contribution in [-0.2, 0) is 0 Å². The Morgan fingerprint density at radius 2 is 1.79 bits per heavy atom. The summed E-state index contributed by atoms with van der Waals surface area (Å²) in [6.45, 7) is 4.03. The first-order valence-corrected chi connectivity index (χ1v) is 6.33. The summed E-state index contributed by atoms with van der Waals surface area (Å²) in [5.41, 5.74) is 3.65. The first-order valence-electron chi connectivity index (χ1n) is 5.95. The van der Waals surface area contributed by atoms with Gasteiger partial charge in [0.05, 0.1) is 5.56 Å². The molecule has 0 N–H and O–H groups in total. The average molecular weight is 275 g/mol. The van der Waals surface area contributed by atoms with Gasteiger partial charge in [-0.2, -0.15) is 0 Å². The Bertz CT molecular complexity index is 588. The lowest BCUT2D eigenvalue weighted by molar-refractivity contribution is 0.0992. The number of hydrogen-bond acceptors (Lipinski definition) is 2. The van der Waals surface area contributed by atoms with Gasteiger partial charge in [0.25, 0.3) is 5.91 Å². The van der Waals surface area contributed by atoms with Gasteiger partial charge in [-0.1, -0.05) is 17.7 Å². The molecule has 0 spiro atoms. The molecule has 1 aromatic heterocycles. The van der Waals surface area contributed by atoms with Gasteiger partial charge in [-0.15, -0.1) is 0 Å². The van der Waals surface area contributed by atoms with Crippen LogP contribution in [0.25, 0.3) is 0 Å². The molecule has 2 aromatic rings. The van der Waals surface area contributed by atoms with Gasteiger partial charge in [0.15, 0.2) is 0 Å². The molecule has 0 bridgehead atoms. The molecule has 0 saturated carbocycles. The third-order valence-corrected chi connectivity index (χ3v) is 3.10. The topological polar surface area (TPSA) is 33.2 Å². The quantitative estimate of drug-likeness (QED) is 0.784. The monoisotopic (exact) mass is 274 g/mol. The van der Waals surface area contributed by atoms with Crippen molar-refractivity contribution in [2.24, 2.45) is 0 Å². The van der Waals surface area contributed by atoms with Gasteiger partial charge in [-0.25, -0.2) is 4.98 Å². The maximum Gasteiger partial charge on any atom is 0.259 e. The van der Waals surface area contributed by atoms with Crippen molar-refractivity contribution in [3.05, 3.63) is 58.4 Å². The number of aryl methyl sites for hydroxylation is 2. The Morgan fingerprint density at radius 3 is 2.32 bits per heavy atom. The molecular formula is C15H15ClN2O. The first kappa shape index (κ1) is 13.6. The number of aromatic nitrogens is 1. The van der Waals surface area contributed by atoms with Crippen molar-refractivity contribution in [2.45, 2.75) is 13.8 Å². The molecule has 1 aromatic carbocycles. The van der Waals surface area contributed by atoms with Gasteiger partial charge in [-0.05, 0) is 49.2 Å². The largest absolute Gasteiger partial charge is 0.311 e. The Balaban J connectivity index is 2.30. The van der Waals surface area contributed by atoms with Crippen LogP contribution in [0, 0.1) is 13.8 Å². The highest BCUT2D eigenvalue weighted by molar-refractivity contribution is 6.29. The van der Waals surface area contributed by atoms with E-state index in [1.807, 2.05) is 26.0 Å². The van der Waals surface area contributed by atoms with E-state index < -0.39 is 0 Å². The van der Waals surface area contributed by atoms with Crippen molar-refractivity contribution in [1.82, 2.24) is 4.98 Å². The van der Waals surface area contributed by atoms with Crippen LogP contribution >= 0.6 is 11.6 Å². The van der Waals surface area contributed by atoms with E-state index in [1.54, 1.807) is 24.1 Å². The lowest BCUT2D eigenvalue weighted by Crippen LogP contribution is -2.26. The minimum atomic E-state index is -0.103. The lowest BCUT2D eigenvalue weighted by atomic mass is 10.1. The minimum Gasteiger partial charge on any atom is -0.311 e. The molecule has 0 saturated heterocycles. The molecule has 0 unspecified atom stereocenters. The second kappa shape index (κ2) is 5.41. The fraction of sp³-hybridized carbons (Fsp3) is 0.200. The summed E-state index contributed by atoms with van der Waals surface area (Å²) in [6.07, 6.45) is 1.49. The molecule has 1 heterocycles. The van der Waals surface area contributed by atoms with E-state index in [0.29, 0.717) is 10.7 Å². The number of pyridine rings is 1. The number of hydrogen-bond donors (Lipinski definition) is 0. The molecule has 1 amide bonds. The van der Waals surface area contributed by atoms with Crippen molar-refractivity contribution in [2.75, 3.05) is 11.9 Å². The summed E-state index contributed by atoms with van der Waals surface area (Å²) in [4.78, 5) is 17.9. The number of amides is 1. The van der Waals surface area contributed by atoms with Crippen molar-refractivity contribution in [1.29, 1.82) is 0 Å². The fourth-order valence-corrected chi connectivity index (χ4v) is 2.07. The number of carbonyl (C=O) groups excluding carboxylic acids is 1. The molecule has 19 heavy (non-hydrogen) atoms. The zero-order valence-electron chi connectivity index (χ0n) is 11.1. The average Bonchev–Trinajstić information content (AvgIpc) is 2.37. The number of halogens is 1. The van der Waals surface area contributed by atoms with Crippen LogP contribution in [-0.4, -0.2) is 17.9 Å². The predicted molar refractivity (Wildman–Crippen MR) is 77.9 cm³/mol. The highest BCUT2D eigenvalue weighted by Gasteiger charge is 2.14. The summed E-state index contributed by atoms with van der Waals surface area (Å²) in [5.74, 6) is -0.103. The van der Waals surface area contributed by atoms with Crippen LogP contribution in [0.2, 0.25) is 5.15 Å². The smallest absolute Gasteiger partial charge is 0.259 e. The number of nitrogens with zero attached hydrogens (tertiary/aromatic N) is 2. The van der Waals surface area contributed by atoms with E-state index in [2.05, 4.69) is 11.1 Å². The highest BCUT2D eigenvalue weighted by atomic mass is 35.5. The summed E-state index contributed by atoms with van der Waals surface area (Å²) >= 11 is 5.72. The molecule has 0 fully saturated rings. The van der Waals surface area contributed by atoms with Crippen molar-refractivity contribution >= 4 is 23.2 Å². The maximum atomic E-state index is 12.3. The second-order valence-electron chi connectivity index (χ2n) is 4.58. The van der Waals surface area contributed by atoms with E-state index in [1.165, 1.54) is 6.20 Å². The minimum absolute atomic E-state index is 0.103. The number of rotatable bonds is 2. The van der Waals surface area contributed by atoms with Crippen LogP contribution in [0.5, 0.6) is 0 Å². The third-order valence-electron chi connectivity index (χ3n) is 2.87. The number of anilines is 1. The number of carbonyl (C=O) groups is 1. The van der Waals surface area contributed by atoms with Crippen molar-refractivity contribution in [3.63, 3.8) is 0 Å². The normalized spacial score (nSPS) is 10.3. The zero-order chi connectivity index (χ0) is 14.0. The van der Waals surface area contributed by atoms with E-state index in [-0.39, 0.29) is 5.91 Å². The fourth-order valence-electron chi connectivity index (χ4n) is 1.96. The Labute approximate surface area is 117 Å². The van der Waals surface area contributed by atoms with Crippen LogP contribution in [0.4, 0.5) is 5.69 Å². The van der Waals surface area contributed by atoms with Crippen LogP contribution in [0.15, 0.2) is 36.5 Å². The summed E-state index contributed by atoms with van der Waals surface area (Å²) in [6, 6.07) is 9.33. The molecule has 4 heteroatoms. The predicted octanol–water partition coefficient (Wildman–Crippen LogP) is 3.63. The summed E-state index contributed by atoms with van der Waals surface area (Å²) < 4.78 is 0. The summed E-state index contributed by atoms with van der Waals surface area (Å²) in [5, 5.41) is 0.380. The van der Waals surface area contributed by atoms with Gasteiger partial charge in [0, 0.05) is 18.9 Å². The van der Waals surface area contributed by atoms with Crippen LogP contribution in [0.3, 0.4) is 0 Å². The number of benzene rings is 1. The van der Waals surface area contributed by atoms with E-state index in [4.69, 9.17) is 11.6 Å². The van der Waals surface area contributed by atoms with Gasteiger partial charge >= 0.3 is 0 Å². The van der Waals surface area contributed by atoms with Crippen LogP contribution < -0.4 is 4.90 Å². The van der Waals surface area contributed by atoms with E-state index in [9.17, 15) is 4.79 Å². The van der Waals surface area contributed by atoms with E-state index >= 15 is 0 Å².